The number of fused-ring (bicyclic) bond motifs is 1. The van der Waals surface area contributed by atoms with E-state index in [1.165, 1.54) is 0 Å². The summed E-state index contributed by atoms with van der Waals surface area (Å²) >= 11 is 5.77. The van der Waals surface area contributed by atoms with E-state index in [1.54, 1.807) is 9.88 Å². The van der Waals surface area contributed by atoms with Crippen LogP contribution >= 0.6 is 11.6 Å². The lowest BCUT2D eigenvalue weighted by Crippen LogP contribution is -2.37. The number of nitrogens with one attached hydrogen (secondary N) is 1. The minimum atomic E-state index is -4.75. The van der Waals surface area contributed by atoms with Crippen LogP contribution in [0.4, 0.5) is 22.0 Å². The third-order valence-corrected chi connectivity index (χ3v) is 4.35. The van der Waals surface area contributed by atoms with Crippen LogP contribution in [0.15, 0.2) is 16.9 Å². The molecule has 1 aromatic heterocycles. The Hall–Kier alpha value is -2.00. The van der Waals surface area contributed by atoms with Gasteiger partial charge in [-0.3, -0.25) is 9.69 Å². The first-order chi connectivity index (χ1) is 11.7. The molecule has 0 atom stereocenters. The van der Waals surface area contributed by atoms with Crippen molar-refractivity contribution in [3.8, 4) is 0 Å². The molecule has 25 heavy (non-hydrogen) atoms. The predicted octanol–water partition coefficient (Wildman–Crippen LogP) is 3.28. The first-order valence-corrected chi connectivity index (χ1v) is 7.58. The van der Waals surface area contributed by atoms with Crippen LogP contribution in [-0.4, -0.2) is 21.4 Å². The van der Waals surface area contributed by atoms with E-state index < -0.39 is 29.2 Å². The topological polar surface area (TPSA) is 49.0 Å². The highest BCUT2D eigenvalue weighted by molar-refractivity contribution is 6.31. The van der Waals surface area contributed by atoms with Crippen molar-refractivity contribution >= 4 is 11.6 Å². The average Bonchev–Trinajstić information content (AvgIpc) is 2.54. The molecular weight excluding hydrogens is 369 g/mol. The highest BCUT2D eigenvalue weighted by Crippen LogP contribution is 2.28. The highest BCUT2D eigenvalue weighted by atomic mass is 35.5. The molecule has 0 amide bonds. The Morgan fingerprint density at radius 2 is 1.92 bits per heavy atom. The molecular formula is C15H11ClF5N3O. The lowest BCUT2D eigenvalue weighted by atomic mass is 10.1. The number of halogens is 6. The number of aromatic nitrogens is 2. The van der Waals surface area contributed by atoms with Crippen LogP contribution in [0, 0.1) is 11.6 Å². The van der Waals surface area contributed by atoms with Crippen LogP contribution in [0.5, 0.6) is 0 Å². The molecule has 3 rings (SSSR count). The molecule has 0 bridgehead atoms. The summed E-state index contributed by atoms with van der Waals surface area (Å²) in [6.45, 7) is 0.109. The number of alkyl halides is 3. The minimum Gasteiger partial charge on any atom is -0.303 e. The Balaban J connectivity index is 1.88. The van der Waals surface area contributed by atoms with Crippen molar-refractivity contribution < 1.29 is 22.0 Å². The van der Waals surface area contributed by atoms with Crippen molar-refractivity contribution in [3.05, 3.63) is 61.8 Å². The maximum atomic E-state index is 13.9. The zero-order valence-electron chi connectivity index (χ0n) is 12.6. The lowest BCUT2D eigenvalue weighted by Gasteiger charge is -2.28. The largest absolute Gasteiger partial charge is 0.449 e. The summed E-state index contributed by atoms with van der Waals surface area (Å²) in [5.74, 6) is -2.81. The second kappa shape index (κ2) is 6.38. The fourth-order valence-electron chi connectivity index (χ4n) is 2.69. The van der Waals surface area contributed by atoms with Gasteiger partial charge in [0.25, 0.3) is 5.56 Å². The summed E-state index contributed by atoms with van der Waals surface area (Å²) in [5, 5.41) is -0.356. The van der Waals surface area contributed by atoms with E-state index in [0.717, 1.165) is 12.1 Å². The minimum absolute atomic E-state index is 0.0396. The van der Waals surface area contributed by atoms with E-state index in [-0.39, 0.29) is 47.9 Å². The van der Waals surface area contributed by atoms with Crippen LogP contribution in [0.3, 0.4) is 0 Å². The van der Waals surface area contributed by atoms with Gasteiger partial charge in [0.2, 0.25) is 5.82 Å². The van der Waals surface area contributed by atoms with Gasteiger partial charge < -0.3 is 4.98 Å². The standard InChI is InChI=1S/C15H11ClF5N3O/c16-12-7(9(17)1-2-10(12)18)5-24-4-3-11-8(6-24)13(25)23-14(22-11)15(19,20)21/h1-2H,3-6H2,(H,22,23,25). The van der Waals surface area contributed by atoms with Crippen molar-refractivity contribution in [1.82, 2.24) is 14.9 Å². The molecule has 10 heteroatoms. The molecule has 1 N–H and O–H groups in total. The van der Waals surface area contributed by atoms with E-state index in [2.05, 4.69) is 4.98 Å². The second-order valence-corrected chi connectivity index (χ2v) is 6.00. The van der Waals surface area contributed by atoms with Crippen LogP contribution < -0.4 is 5.56 Å². The molecule has 1 aliphatic heterocycles. The van der Waals surface area contributed by atoms with Gasteiger partial charge in [-0.1, -0.05) is 11.6 Å². The number of H-pyrrole nitrogens is 1. The normalized spacial score (nSPS) is 15.3. The van der Waals surface area contributed by atoms with Crippen LogP contribution in [0.25, 0.3) is 0 Å². The number of aromatic amines is 1. The number of nitrogens with zero attached hydrogens (tertiary/aromatic N) is 2. The van der Waals surface area contributed by atoms with Gasteiger partial charge in [0.15, 0.2) is 0 Å². The molecule has 1 aliphatic rings. The van der Waals surface area contributed by atoms with Crippen LogP contribution in [0.2, 0.25) is 5.02 Å². The zero-order valence-corrected chi connectivity index (χ0v) is 13.3. The fraction of sp³-hybridized carbons (Fsp3) is 0.333. The van der Waals surface area contributed by atoms with Crippen LogP contribution in [-0.2, 0) is 25.7 Å². The van der Waals surface area contributed by atoms with Gasteiger partial charge in [-0.05, 0) is 12.1 Å². The molecule has 0 saturated carbocycles. The van der Waals surface area contributed by atoms with Gasteiger partial charge >= 0.3 is 6.18 Å². The van der Waals surface area contributed by atoms with Gasteiger partial charge in [0.05, 0.1) is 16.3 Å². The van der Waals surface area contributed by atoms with E-state index in [0.29, 0.717) is 0 Å². The highest BCUT2D eigenvalue weighted by Gasteiger charge is 2.36. The number of rotatable bonds is 2. The molecule has 0 radical (unpaired) electrons. The molecule has 0 unspecified atom stereocenters. The van der Waals surface area contributed by atoms with Crippen molar-refractivity contribution in [1.29, 1.82) is 0 Å². The first-order valence-electron chi connectivity index (χ1n) is 7.21. The molecule has 134 valence electrons. The zero-order chi connectivity index (χ0) is 18.4. The molecule has 4 nitrogen and oxygen atoms in total. The van der Waals surface area contributed by atoms with E-state index >= 15 is 0 Å². The Morgan fingerprint density at radius 3 is 2.60 bits per heavy atom. The van der Waals surface area contributed by atoms with Crippen LogP contribution in [0.1, 0.15) is 22.6 Å². The molecule has 2 heterocycles. The van der Waals surface area contributed by atoms with Crippen molar-refractivity contribution in [2.75, 3.05) is 6.54 Å². The predicted molar refractivity (Wildman–Crippen MR) is 79.0 cm³/mol. The molecule has 0 spiro atoms. The third kappa shape index (κ3) is 3.52. The summed E-state index contributed by atoms with van der Waals surface area (Å²) in [5.41, 5.74) is -0.834. The Bertz CT molecular complexity index is 881. The summed E-state index contributed by atoms with van der Waals surface area (Å²) in [4.78, 5) is 18.7. The SMILES string of the molecule is O=c1[nH]c(C(F)(F)F)nc2c1CN(Cc1c(F)ccc(F)c1Cl)CC2. The Kier molecular flexibility index (Phi) is 4.54. The van der Waals surface area contributed by atoms with Gasteiger partial charge in [-0.25, -0.2) is 13.8 Å². The smallest absolute Gasteiger partial charge is 0.303 e. The third-order valence-electron chi connectivity index (χ3n) is 3.94. The van der Waals surface area contributed by atoms with Gasteiger partial charge in [-0.15, -0.1) is 0 Å². The van der Waals surface area contributed by atoms with Gasteiger partial charge in [-0.2, -0.15) is 13.2 Å². The van der Waals surface area contributed by atoms with Crippen molar-refractivity contribution in [2.24, 2.45) is 0 Å². The number of benzene rings is 1. The second-order valence-electron chi connectivity index (χ2n) is 5.62. The molecule has 0 fully saturated rings. The molecule has 2 aromatic rings. The summed E-state index contributed by atoms with van der Waals surface area (Å²) in [6, 6.07) is 1.85. The van der Waals surface area contributed by atoms with Crippen molar-refractivity contribution in [2.45, 2.75) is 25.7 Å². The Labute approximate surface area is 143 Å². The van der Waals surface area contributed by atoms with E-state index in [9.17, 15) is 26.7 Å². The molecule has 0 saturated heterocycles. The summed E-state index contributed by atoms with van der Waals surface area (Å²) < 4.78 is 65.4. The molecule has 0 aliphatic carbocycles. The fourth-order valence-corrected chi connectivity index (χ4v) is 2.90. The van der Waals surface area contributed by atoms with Crippen molar-refractivity contribution in [3.63, 3.8) is 0 Å². The quantitative estimate of drug-likeness (QED) is 0.643. The maximum absolute atomic E-state index is 13.9. The maximum Gasteiger partial charge on any atom is 0.449 e. The van der Waals surface area contributed by atoms with E-state index in [1.807, 2.05) is 0 Å². The molecule has 1 aromatic carbocycles. The Morgan fingerprint density at radius 1 is 1.24 bits per heavy atom. The average molecular weight is 380 g/mol. The monoisotopic (exact) mass is 379 g/mol. The summed E-state index contributed by atoms with van der Waals surface area (Å²) in [6.07, 6.45) is -4.67. The lowest BCUT2D eigenvalue weighted by molar-refractivity contribution is -0.145. The van der Waals surface area contributed by atoms with E-state index in [4.69, 9.17) is 11.6 Å². The number of hydrogen-bond donors (Lipinski definition) is 1. The van der Waals surface area contributed by atoms with Gasteiger partial charge in [0, 0.05) is 31.6 Å². The van der Waals surface area contributed by atoms with Gasteiger partial charge in [0.1, 0.15) is 11.6 Å². The summed E-state index contributed by atoms with van der Waals surface area (Å²) in [7, 11) is 0. The number of hydrogen-bond acceptors (Lipinski definition) is 3. The first kappa shape index (κ1) is 17.8.